The zero-order valence-electron chi connectivity index (χ0n) is 7.71. The zero-order valence-corrected chi connectivity index (χ0v) is 7.71. The van der Waals surface area contributed by atoms with Crippen molar-refractivity contribution in [2.24, 2.45) is 0 Å². The summed E-state index contributed by atoms with van der Waals surface area (Å²) in [5.74, 6) is 0.149. The number of ketones is 1. The molecule has 1 rings (SSSR count). The maximum Gasteiger partial charge on any atom is 0.176 e. The molecule has 1 heterocycles. The van der Waals surface area contributed by atoms with Crippen LogP contribution in [0.25, 0.3) is 0 Å². The highest BCUT2D eigenvalue weighted by Crippen LogP contribution is 2.05. The summed E-state index contributed by atoms with van der Waals surface area (Å²) in [6.07, 6.45) is 4.26. The van der Waals surface area contributed by atoms with Gasteiger partial charge >= 0.3 is 0 Å². The average Bonchev–Trinajstić information content (AvgIpc) is 2.48. The van der Waals surface area contributed by atoms with E-state index in [0.717, 1.165) is 25.1 Å². The van der Waals surface area contributed by atoms with E-state index < -0.39 is 0 Å². The van der Waals surface area contributed by atoms with Crippen LogP contribution in [-0.2, 0) is 6.54 Å². The van der Waals surface area contributed by atoms with E-state index in [1.54, 1.807) is 6.92 Å². The Morgan fingerprint density at radius 1 is 1.58 bits per heavy atom. The van der Waals surface area contributed by atoms with Crippen LogP contribution in [-0.4, -0.2) is 10.4 Å². The minimum atomic E-state index is 0.149. The number of carbonyl (C=O) groups is 1. The first-order valence-corrected chi connectivity index (χ1v) is 4.41. The van der Waals surface area contributed by atoms with Crippen LogP contribution in [0.5, 0.6) is 0 Å². The lowest BCUT2D eigenvalue weighted by atomic mass is 10.3. The summed E-state index contributed by atoms with van der Waals surface area (Å²) < 4.78 is 2.02. The molecule has 0 bridgehead atoms. The van der Waals surface area contributed by atoms with Gasteiger partial charge in [0.25, 0.3) is 0 Å². The first-order chi connectivity index (χ1) is 5.75. The standard InChI is InChI=1S/C10H15NO/c1-3-4-7-11-8-5-6-10(11)9(2)12/h5-6,8H,3-4,7H2,1-2H3. The number of unbranched alkanes of at least 4 members (excludes halogenated alkanes) is 1. The van der Waals surface area contributed by atoms with E-state index in [4.69, 9.17) is 0 Å². The minimum absolute atomic E-state index is 0.149. The lowest BCUT2D eigenvalue weighted by Crippen LogP contribution is -2.05. The molecule has 1 aromatic rings. The van der Waals surface area contributed by atoms with Gasteiger partial charge in [0, 0.05) is 19.7 Å². The van der Waals surface area contributed by atoms with Gasteiger partial charge in [-0.3, -0.25) is 4.79 Å². The molecule has 0 radical (unpaired) electrons. The SMILES string of the molecule is CCCCn1cccc1C(C)=O. The number of aryl methyl sites for hydroxylation is 1. The highest BCUT2D eigenvalue weighted by Gasteiger charge is 2.03. The van der Waals surface area contributed by atoms with Gasteiger partial charge in [-0.1, -0.05) is 13.3 Å². The van der Waals surface area contributed by atoms with Crippen LogP contribution in [0, 0.1) is 0 Å². The largest absolute Gasteiger partial charge is 0.345 e. The molecule has 2 nitrogen and oxygen atoms in total. The van der Waals surface area contributed by atoms with Gasteiger partial charge in [0.1, 0.15) is 0 Å². The van der Waals surface area contributed by atoms with E-state index in [1.807, 2.05) is 22.9 Å². The van der Waals surface area contributed by atoms with Crippen molar-refractivity contribution in [2.45, 2.75) is 33.2 Å². The predicted molar refractivity (Wildman–Crippen MR) is 49.3 cm³/mol. The Morgan fingerprint density at radius 2 is 2.33 bits per heavy atom. The maximum absolute atomic E-state index is 11.1. The van der Waals surface area contributed by atoms with Crippen LogP contribution in [0.4, 0.5) is 0 Å². The van der Waals surface area contributed by atoms with E-state index in [1.165, 1.54) is 0 Å². The lowest BCUT2D eigenvalue weighted by Gasteiger charge is -2.04. The molecule has 0 aromatic carbocycles. The Hall–Kier alpha value is -1.05. The van der Waals surface area contributed by atoms with Gasteiger partial charge in [0.05, 0.1) is 5.69 Å². The minimum Gasteiger partial charge on any atom is -0.345 e. The van der Waals surface area contributed by atoms with Crippen molar-refractivity contribution in [3.63, 3.8) is 0 Å². The molecule has 0 amide bonds. The summed E-state index contributed by atoms with van der Waals surface area (Å²) in [6.45, 7) is 4.72. The molecular weight excluding hydrogens is 150 g/mol. The van der Waals surface area contributed by atoms with Gasteiger partial charge in [-0.25, -0.2) is 0 Å². The summed E-state index contributed by atoms with van der Waals surface area (Å²) in [7, 11) is 0. The van der Waals surface area contributed by atoms with Crippen LogP contribution >= 0.6 is 0 Å². The van der Waals surface area contributed by atoms with Crippen LogP contribution < -0.4 is 0 Å². The number of carbonyl (C=O) groups excluding carboxylic acids is 1. The summed E-state index contributed by atoms with van der Waals surface area (Å²) in [5, 5.41) is 0. The fraction of sp³-hybridized carbons (Fsp3) is 0.500. The van der Waals surface area contributed by atoms with Crippen molar-refractivity contribution in [3.8, 4) is 0 Å². The van der Waals surface area contributed by atoms with Gasteiger partial charge in [-0.2, -0.15) is 0 Å². The van der Waals surface area contributed by atoms with Crippen LogP contribution in [0.2, 0.25) is 0 Å². The number of rotatable bonds is 4. The number of hydrogen-bond acceptors (Lipinski definition) is 1. The molecule has 0 saturated heterocycles. The Balaban J connectivity index is 2.70. The van der Waals surface area contributed by atoms with Gasteiger partial charge in [-0.05, 0) is 18.6 Å². The molecule has 0 unspecified atom stereocenters. The Bertz CT molecular complexity index is 263. The molecule has 0 spiro atoms. The van der Waals surface area contributed by atoms with E-state index in [0.29, 0.717) is 0 Å². The average molecular weight is 165 g/mol. The smallest absolute Gasteiger partial charge is 0.176 e. The number of Topliss-reactive ketones (excluding diaryl/α,β-unsaturated/α-hetero) is 1. The van der Waals surface area contributed by atoms with Gasteiger partial charge in [0.2, 0.25) is 0 Å². The second-order valence-electron chi connectivity index (χ2n) is 3.00. The molecule has 12 heavy (non-hydrogen) atoms. The normalized spacial score (nSPS) is 10.2. The van der Waals surface area contributed by atoms with E-state index in [9.17, 15) is 4.79 Å². The van der Waals surface area contributed by atoms with Crippen molar-refractivity contribution in [3.05, 3.63) is 24.0 Å². The molecule has 0 N–H and O–H groups in total. The van der Waals surface area contributed by atoms with Crippen molar-refractivity contribution in [2.75, 3.05) is 0 Å². The molecule has 0 atom stereocenters. The number of aromatic nitrogens is 1. The highest BCUT2D eigenvalue weighted by molar-refractivity contribution is 5.92. The molecule has 0 aliphatic heterocycles. The third-order valence-corrected chi connectivity index (χ3v) is 1.94. The second kappa shape index (κ2) is 4.10. The summed E-state index contributed by atoms with van der Waals surface area (Å²) >= 11 is 0. The lowest BCUT2D eigenvalue weighted by molar-refractivity contribution is 0.100. The van der Waals surface area contributed by atoms with Gasteiger partial charge in [-0.15, -0.1) is 0 Å². The van der Waals surface area contributed by atoms with Crippen molar-refractivity contribution in [1.82, 2.24) is 4.57 Å². The van der Waals surface area contributed by atoms with E-state index >= 15 is 0 Å². The molecule has 66 valence electrons. The fourth-order valence-corrected chi connectivity index (χ4v) is 1.26. The monoisotopic (exact) mass is 165 g/mol. The maximum atomic E-state index is 11.1. The van der Waals surface area contributed by atoms with Crippen LogP contribution in [0.15, 0.2) is 18.3 Å². The first-order valence-electron chi connectivity index (χ1n) is 4.41. The third kappa shape index (κ3) is 1.97. The molecule has 0 aliphatic carbocycles. The first kappa shape index (κ1) is 9.04. The summed E-state index contributed by atoms with van der Waals surface area (Å²) in [5.41, 5.74) is 0.823. The Kier molecular flexibility index (Phi) is 3.09. The van der Waals surface area contributed by atoms with Crippen LogP contribution in [0.3, 0.4) is 0 Å². The van der Waals surface area contributed by atoms with Crippen molar-refractivity contribution >= 4 is 5.78 Å². The summed E-state index contributed by atoms with van der Waals surface area (Å²) in [6, 6.07) is 3.80. The number of hydrogen-bond donors (Lipinski definition) is 0. The third-order valence-electron chi connectivity index (χ3n) is 1.94. The topological polar surface area (TPSA) is 22.0 Å². The van der Waals surface area contributed by atoms with Crippen molar-refractivity contribution < 1.29 is 4.79 Å². The second-order valence-corrected chi connectivity index (χ2v) is 3.00. The molecule has 0 saturated carbocycles. The molecule has 2 heteroatoms. The summed E-state index contributed by atoms with van der Waals surface area (Å²) in [4.78, 5) is 11.1. The fourth-order valence-electron chi connectivity index (χ4n) is 1.26. The Morgan fingerprint density at radius 3 is 2.92 bits per heavy atom. The molecule has 0 fully saturated rings. The zero-order chi connectivity index (χ0) is 8.97. The van der Waals surface area contributed by atoms with Crippen LogP contribution in [0.1, 0.15) is 37.2 Å². The number of nitrogens with zero attached hydrogens (tertiary/aromatic N) is 1. The van der Waals surface area contributed by atoms with E-state index in [-0.39, 0.29) is 5.78 Å². The van der Waals surface area contributed by atoms with Crippen molar-refractivity contribution in [1.29, 1.82) is 0 Å². The van der Waals surface area contributed by atoms with E-state index in [2.05, 4.69) is 6.92 Å². The predicted octanol–water partition coefficient (Wildman–Crippen LogP) is 2.49. The van der Waals surface area contributed by atoms with Gasteiger partial charge in [0.15, 0.2) is 5.78 Å². The molecule has 1 aromatic heterocycles. The Labute approximate surface area is 73.2 Å². The quantitative estimate of drug-likeness (QED) is 0.628. The molecular formula is C10H15NO. The molecule has 0 aliphatic rings. The highest BCUT2D eigenvalue weighted by atomic mass is 16.1. The van der Waals surface area contributed by atoms with Gasteiger partial charge < -0.3 is 4.57 Å².